The van der Waals surface area contributed by atoms with Crippen molar-refractivity contribution in [1.29, 1.82) is 0 Å². The summed E-state index contributed by atoms with van der Waals surface area (Å²) >= 11 is 0. The van der Waals surface area contributed by atoms with Crippen molar-refractivity contribution in [2.75, 3.05) is 0 Å². The molecule has 0 bridgehead atoms. The van der Waals surface area contributed by atoms with Crippen molar-refractivity contribution in [1.82, 2.24) is 0 Å². The SMILES string of the molecule is O=C([O-])C(F)(F)F.O=C([O-])C(F)(F)F.O=C([O-])C(F)(F)F.[Cr+3]. The van der Waals surface area contributed by atoms with Gasteiger partial charge in [-0.15, -0.1) is 0 Å². The van der Waals surface area contributed by atoms with E-state index in [-0.39, 0.29) is 17.4 Å². The van der Waals surface area contributed by atoms with Gasteiger partial charge in [0.15, 0.2) is 0 Å². The van der Waals surface area contributed by atoms with E-state index in [9.17, 15) is 39.5 Å². The number of halogens is 9. The maximum atomic E-state index is 10.5. The van der Waals surface area contributed by atoms with Gasteiger partial charge in [-0.3, -0.25) is 0 Å². The first-order valence-corrected chi connectivity index (χ1v) is 3.68. The standard InChI is InChI=1S/3C2HF3O2.Cr/c3*3-2(4,5)1(6)7;/h3*(H,6,7);/q;;;+3/p-3. The Labute approximate surface area is 124 Å². The molecule has 0 aliphatic rings. The molecule has 6 nitrogen and oxygen atoms in total. The molecule has 0 amide bonds. The first kappa shape index (κ1) is 28.5. The van der Waals surface area contributed by atoms with Crippen molar-refractivity contribution < 1.29 is 86.6 Å². The van der Waals surface area contributed by atoms with E-state index in [4.69, 9.17) is 29.7 Å². The molecule has 16 heteroatoms. The molecule has 0 fully saturated rings. The molecule has 0 rings (SSSR count). The van der Waals surface area contributed by atoms with Gasteiger partial charge in [0, 0.05) is 0 Å². The van der Waals surface area contributed by atoms with Gasteiger partial charge in [0.1, 0.15) is 17.9 Å². The zero-order chi connectivity index (χ0) is 18.2. The largest absolute Gasteiger partial charge is 3.00 e. The van der Waals surface area contributed by atoms with Crippen LogP contribution in [0.25, 0.3) is 0 Å². The van der Waals surface area contributed by atoms with Crippen molar-refractivity contribution in [3.05, 3.63) is 0 Å². The van der Waals surface area contributed by atoms with Crippen LogP contribution in [0.3, 0.4) is 0 Å². The van der Waals surface area contributed by atoms with Crippen LogP contribution in [0.2, 0.25) is 0 Å². The van der Waals surface area contributed by atoms with Gasteiger partial charge in [-0.2, -0.15) is 39.5 Å². The quantitative estimate of drug-likeness (QED) is 0.436. The van der Waals surface area contributed by atoms with Crippen molar-refractivity contribution in [3.63, 3.8) is 0 Å². The van der Waals surface area contributed by atoms with Gasteiger partial charge in [-0.05, 0) is 0 Å². The molecule has 0 aliphatic heterocycles. The Balaban J connectivity index is -0.000000108. The molecule has 0 unspecified atom stereocenters. The molecule has 0 atom stereocenters. The van der Waals surface area contributed by atoms with Crippen LogP contribution in [-0.2, 0) is 31.7 Å². The molecule has 22 heavy (non-hydrogen) atoms. The molecule has 0 N–H and O–H groups in total. The summed E-state index contributed by atoms with van der Waals surface area (Å²) in [6, 6.07) is 0. The fraction of sp³-hybridized carbons (Fsp3) is 0.500. The predicted molar refractivity (Wildman–Crippen MR) is 33.2 cm³/mol. The molecule has 0 aliphatic carbocycles. The van der Waals surface area contributed by atoms with Crippen molar-refractivity contribution >= 4 is 17.9 Å². The summed E-state index contributed by atoms with van der Waals surface area (Å²) in [5.74, 6) is -9.02. The van der Waals surface area contributed by atoms with Crippen molar-refractivity contribution in [2.24, 2.45) is 0 Å². The zero-order valence-corrected chi connectivity index (χ0v) is 10.5. The summed E-state index contributed by atoms with van der Waals surface area (Å²) in [7, 11) is 0. The molecule has 0 saturated heterocycles. The maximum Gasteiger partial charge on any atom is 3.00 e. The third kappa shape index (κ3) is 20.6. The Bertz CT molecular complexity index is 313. The molecule has 0 aromatic heterocycles. The minimum atomic E-state index is -5.19. The average Bonchev–Trinajstić information content (AvgIpc) is 2.14. The number of aliphatic carboxylic acids is 3. The van der Waals surface area contributed by atoms with Gasteiger partial charge in [0.25, 0.3) is 0 Å². The third-order valence-electron chi connectivity index (χ3n) is 0.694. The number of carbonyl (C=O) groups is 3. The number of carbonyl (C=O) groups excluding carboxylic acids is 3. The first-order valence-electron chi connectivity index (χ1n) is 3.68. The van der Waals surface area contributed by atoms with E-state index in [0.717, 1.165) is 0 Å². The van der Waals surface area contributed by atoms with Crippen LogP contribution in [0.15, 0.2) is 0 Å². The van der Waals surface area contributed by atoms with Crippen LogP contribution in [0, 0.1) is 0 Å². The minimum Gasteiger partial charge on any atom is -0.542 e. The first-order chi connectivity index (χ1) is 8.83. The van der Waals surface area contributed by atoms with E-state index in [1.807, 2.05) is 0 Å². The van der Waals surface area contributed by atoms with E-state index in [0.29, 0.717) is 0 Å². The number of hydrogen-bond donors (Lipinski definition) is 0. The topological polar surface area (TPSA) is 120 Å². The van der Waals surface area contributed by atoms with Gasteiger partial charge in [0.05, 0.1) is 0 Å². The number of hydrogen-bond acceptors (Lipinski definition) is 6. The Morgan fingerprint density at radius 2 is 0.545 bits per heavy atom. The van der Waals surface area contributed by atoms with Gasteiger partial charge in [0.2, 0.25) is 0 Å². The van der Waals surface area contributed by atoms with E-state index >= 15 is 0 Å². The van der Waals surface area contributed by atoms with Crippen LogP contribution < -0.4 is 15.3 Å². The summed E-state index contributed by atoms with van der Waals surface area (Å²) in [5, 5.41) is 26.4. The molecular formula is C6CrF9O6. The van der Waals surface area contributed by atoms with E-state index in [1.54, 1.807) is 0 Å². The molecule has 0 spiro atoms. The molecule has 1 radical (unpaired) electrons. The summed E-state index contributed by atoms with van der Waals surface area (Å²) in [5.41, 5.74) is 0. The van der Waals surface area contributed by atoms with Crippen molar-refractivity contribution in [2.45, 2.75) is 18.5 Å². The number of carboxylic acid groups (broad SMARTS) is 3. The minimum absolute atomic E-state index is 0. The monoisotopic (exact) mass is 391 g/mol. The van der Waals surface area contributed by atoms with Crippen LogP contribution in [0.1, 0.15) is 0 Å². The van der Waals surface area contributed by atoms with Gasteiger partial charge in [-0.25, -0.2) is 0 Å². The summed E-state index contributed by atoms with van der Waals surface area (Å²) in [4.78, 5) is 26.4. The van der Waals surface area contributed by atoms with E-state index in [2.05, 4.69) is 0 Å². The fourth-order valence-corrected chi connectivity index (χ4v) is 0. The smallest absolute Gasteiger partial charge is 0.542 e. The third-order valence-corrected chi connectivity index (χ3v) is 0.694. The zero-order valence-electron chi connectivity index (χ0n) is 9.26. The Morgan fingerprint density at radius 3 is 0.545 bits per heavy atom. The Morgan fingerprint density at radius 1 is 0.500 bits per heavy atom. The van der Waals surface area contributed by atoms with Crippen molar-refractivity contribution in [3.8, 4) is 0 Å². The molecule has 0 heterocycles. The molecule has 0 aromatic rings. The molecule has 129 valence electrons. The normalized spacial score (nSPS) is 10.8. The summed E-state index contributed by atoms with van der Waals surface area (Å²) in [6.07, 6.45) is -15.6. The van der Waals surface area contributed by atoms with Gasteiger partial charge in [-0.1, -0.05) is 0 Å². The summed E-state index contributed by atoms with van der Waals surface area (Å²) in [6.45, 7) is 0. The maximum absolute atomic E-state index is 10.5. The van der Waals surface area contributed by atoms with Crippen LogP contribution >= 0.6 is 0 Å². The molecule has 0 saturated carbocycles. The van der Waals surface area contributed by atoms with E-state index < -0.39 is 36.4 Å². The molecular weight excluding hydrogens is 391 g/mol. The average molecular weight is 391 g/mol. The fourth-order valence-electron chi connectivity index (χ4n) is 0. The number of rotatable bonds is 0. The molecule has 0 aromatic carbocycles. The van der Waals surface area contributed by atoms with Gasteiger partial charge >= 0.3 is 35.9 Å². The predicted octanol–water partition coefficient (Wildman–Crippen LogP) is -2.11. The summed E-state index contributed by atoms with van der Waals surface area (Å²) < 4.78 is 94.6. The second-order valence-corrected chi connectivity index (χ2v) is 2.36. The number of carboxylic acids is 3. The number of alkyl halides is 9. The van der Waals surface area contributed by atoms with E-state index in [1.165, 1.54) is 0 Å². The Hall–Kier alpha value is -1.69. The van der Waals surface area contributed by atoms with Gasteiger partial charge < -0.3 is 29.7 Å². The second kappa shape index (κ2) is 10.1. The second-order valence-electron chi connectivity index (χ2n) is 2.36. The van der Waals surface area contributed by atoms with Crippen LogP contribution in [0.4, 0.5) is 39.5 Å². The Kier molecular flexibility index (Phi) is 13.1. The van der Waals surface area contributed by atoms with Crippen LogP contribution in [-0.4, -0.2) is 36.4 Å². The van der Waals surface area contributed by atoms with Crippen LogP contribution in [0.5, 0.6) is 0 Å².